The highest BCUT2D eigenvalue weighted by atomic mass is 79.9. The molecule has 4 heteroatoms. The Morgan fingerprint density at radius 1 is 1.00 bits per heavy atom. The predicted molar refractivity (Wildman–Crippen MR) is 87.9 cm³/mol. The van der Waals surface area contributed by atoms with E-state index in [1.807, 2.05) is 24.3 Å². The molecular formula is C16H11Br2NO. The van der Waals surface area contributed by atoms with Gasteiger partial charge in [0.15, 0.2) is 0 Å². The number of rotatable bonds is 3. The maximum Gasteiger partial charge on any atom is 0.134 e. The van der Waals surface area contributed by atoms with Crippen LogP contribution in [0.25, 0.3) is 10.8 Å². The molecule has 1 aromatic heterocycles. The Labute approximate surface area is 134 Å². The number of pyridine rings is 1. The molecule has 0 saturated carbocycles. The second-order valence-electron chi connectivity index (χ2n) is 4.40. The molecule has 3 aromatic rings. The highest BCUT2D eigenvalue weighted by molar-refractivity contribution is 9.11. The van der Waals surface area contributed by atoms with Crippen molar-refractivity contribution in [3.8, 4) is 5.75 Å². The molecule has 0 N–H and O–H groups in total. The van der Waals surface area contributed by atoms with Crippen molar-refractivity contribution in [1.82, 2.24) is 4.98 Å². The standard InChI is InChI=1S/C16H11Br2NO/c17-13-7-11(8-19-9-13)10-20-15-6-5-12-3-1-2-4-14(12)16(15)18/h1-9H,10H2. The SMILES string of the molecule is Brc1cncc(COc2ccc3ccccc3c2Br)c1. The van der Waals surface area contributed by atoms with Crippen LogP contribution in [0, 0.1) is 0 Å². The largest absolute Gasteiger partial charge is 0.488 e. The highest BCUT2D eigenvalue weighted by Crippen LogP contribution is 2.33. The zero-order valence-corrected chi connectivity index (χ0v) is 13.7. The van der Waals surface area contributed by atoms with Crippen LogP contribution in [-0.2, 0) is 6.61 Å². The van der Waals surface area contributed by atoms with Crippen molar-refractivity contribution in [2.75, 3.05) is 0 Å². The second kappa shape index (κ2) is 5.94. The molecule has 1 heterocycles. The minimum atomic E-state index is 0.489. The van der Waals surface area contributed by atoms with Gasteiger partial charge in [-0.15, -0.1) is 0 Å². The van der Waals surface area contributed by atoms with E-state index in [1.165, 1.54) is 5.39 Å². The van der Waals surface area contributed by atoms with Crippen LogP contribution in [0.4, 0.5) is 0 Å². The van der Waals surface area contributed by atoms with E-state index in [0.29, 0.717) is 6.61 Å². The van der Waals surface area contributed by atoms with E-state index in [1.54, 1.807) is 12.4 Å². The summed E-state index contributed by atoms with van der Waals surface area (Å²) in [6.45, 7) is 0.489. The van der Waals surface area contributed by atoms with E-state index < -0.39 is 0 Å². The van der Waals surface area contributed by atoms with Crippen LogP contribution in [0.2, 0.25) is 0 Å². The van der Waals surface area contributed by atoms with Gasteiger partial charge in [-0.3, -0.25) is 4.98 Å². The Balaban J connectivity index is 1.86. The molecular weight excluding hydrogens is 382 g/mol. The third-order valence-corrected chi connectivity index (χ3v) is 4.24. The number of ether oxygens (including phenoxy) is 1. The van der Waals surface area contributed by atoms with Crippen molar-refractivity contribution in [3.63, 3.8) is 0 Å². The van der Waals surface area contributed by atoms with Crippen LogP contribution in [-0.4, -0.2) is 4.98 Å². The molecule has 0 fully saturated rings. The minimum absolute atomic E-state index is 0.489. The normalized spacial score (nSPS) is 10.7. The lowest BCUT2D eigenvalue weighted by Crippen LogP contribution is -1.97. The molecule has 0 atom stereocenters. The molecule has 3 rings (SSSR count). The Morgan fingerprint density at radius 2 is 1.85 bits per heavy atom. The summed E-state index contributed by atoms with van der Waals surface area (Å²) in [5.74, 6) is 0.837. The molecule has 0 radical (unpaired) electrons. The molecule has 0 bridgehead atoms. The summed E-state index contributed by atoms with van der Waals surface area (Å²) in [7, 11) is 0. The van der Waals surface area contributed by atoms with Crippen molar-refractivity contribution in [3.05, 3.63) is 69.4 Å². The third-order valence-electron chi connectivity index (χ3n) is 2.98. The van der Waals surface area contributed by atoms with Gasteiger partial charge in [-0.2, -0.15) is 0 Å². The van der Waals surface area contributed by atoms with E-state index in [2.05, 4.69) is 55.0 Å². The van der Waals surface area contributed by atoms with Crippen molar-refractivity contribution >= 4 is 42.6 Å². The zero-order valence-electron chi connectivity index (χ0n) is 10.5. The number of halogens is 2. The molecule has 2 nitrogen and oxygen atoms in total. The predicted octanol–water partition coefficient (Wildman–Crippen LogP) is 5.34. The first kappa shape index (κ1) is 13.6. The lowest BCUT2D eigenvalue weighted by molar-refractivity contribution is 0.304. The van der Waals surface area contributed by atoms with Gasteiger partial charge in [0.05, 0.1) is 4.47 Å². The lowest BCUT2D eigenvalue weighted by atomic mass is 10.1. The van der Waals surface area contributed by atoms with Crippen LogP contribution < -0.4 is 4.74 Å². The molecule has 0 aliphatic heterocycles. The average molecular weight is 393 g/mol. The van der Waals surface area contributed by atoms with Crippen molar-refractivity contribution in [2.24, 2.45) is 0 Å². The second-order valence-corrected chi connectivity index (χ2v) is 6.11. The summed E-state index contributed by atoms with van der Waals surface area (Å²) >= 11 is 7.03. The number of aromatic nitrogens is 1. The summed E-state index contributed by atoms with van der Waals surface area (Å²) in [6.07, 6.45) is 3.56. The quantitative estimate of drug-likeness (QED) is 0.600. The van der Waals surface area contributed by atoms with Crippen molar-refractivity contribution in [2.45, 2.75) is 6.61 Å². The van der Waals surface area contributed by atoms with Gasteiger partial charge < -0.3 is 4.74 Å². The number of fused-ring (bicyclic) bond motifs is 1. The summed E-state index contributed by atoms with van der Waals surface area (Å²) in [5.41, 5.74) is 1.03. The smallest absolute Gasteiger partial charge is 0.134 e. The van der Waals surface area contributed by atoms with Gasteiger partial charge in [0.1, 0.15) is 12.4 Å². The van der Waals surface area contributed by atoms with E-state index >= 15 is 0 Å². The summed E-state index contributed by atoms with van der Waals surface area (Å²) in [6, 6.07) is 14.3. The molecule has 0 aliphatic rings. The number of hydrogen-bond acceptors (Lipinski definition) is 2. The van der Waals surface area contributed by atoms with Gasteiger partial charge >= 0.3 is 0 Å². The van der Waals surface area contributed by atoms with Crippen molar-refractivity contribution in [1.29, 1.82) is 0 Å². The van der Waals surface area contributed by atoms with Crippen molar-refractivity contribution < 1.29 is 4.74 Å². The maximum atomic E-state index is 5.88. The highest BCUT2D eigenvalue weighted by Gasteiger charge is 2.06. The van der Waals surface area contributed by atoms with Gasteiger partial charge in [-0.05, 0) is 54.8 Å². The van der Waals surface area contributed by atoms with Crippen LogP contribution in [0.3, 0.4) is 0 Å². The Morgan fingerprint density at radius 3 is 2.70 bits per heavy atom. The first-order valence-electron chi connectivity index (χ1n) is 6.13. The molecule has 0 unspecified atom stereocenters. The molecule has 20 heavy (non-hydrogen) atoms. The molecule has 0 aliphatic carbocycles. The summed E-state index contributed by atoms with van der Waals surface area (Å²) < 4.78 is 7.82. The zero-order chi connectivity index (χ0) is 13.9. The number of nitrogens with zero attached hydrogens (tertiary/aromatic N) is 1. The van der Waals surface area contributed by atoms with Crippen LogP contribution in [0.15, 0.2) is 63.8 Å². The molecule has 100 valence electrons. The topological polar surface area (TPSA) is 22.1 Å². The fourth-order valence-electron chi connectivity index (χ4n) is 2.02. The molecule has 2 aromatic carbocycles. The van der Waals surface area contributed by atoms with Crippen LogP contribution in [0.1, 0.15) is 5.56 Å². The van der Waals surface area contributed by atoms with E-state index in [0.717, 1.165) is 25.6 Å². The van der Waals surface area contributed by atoms with Gasteiger partial charge in [0.2, 0.25) is 0 Å². The summed E-state index contributed by atoms with van der Waals surface area (Å²) in [5, 5.41) is 2.34. The average Bonchev–Trinajstić information content (AvgIpc) is 2.47. The Bertz CT molecular complexity index is 758. The van der Waals surface area contributed by atoms with Crippen LogP contribution >= 0.6 is 31.9 Å². The van der Waals surface area contributed by atoms with E-state index in [-0.39, 0.29) is 0 Å². The lowest BCUT2D eigenvalue weighted by Gasteiger charge is -2.10. The van der Waals surface area contributed by atoms with Gasteiger partial charge in [-0.25, -0.2) is 0 Å². The fourth-order valence-corrected chi connectivity index (χ4v) is 3.04. The Kier molecular flexibility index (Phi) is 4.03. The van der Waals surface area contributed by atoms with Gasteiger partial charge in [-0.1, -0.05) is 30.3 Å². The van der Waals surface area contributed by atoms with E-state index in [4.69, 9.17) is 4.74 Å². The summed E-state index contributed by atoms with van der Waals surface area (Å²) in [4.78, 5) is 4.13. The van der Waals surface area contributed by atoms with E-state index in [9.17, 15) is 0 Å². The number of hydrogen-bond donors (Lipinski definition) is 0. The van der Waals surface area contributed by atoms with Gasteiger partial charge in [0.25, 0.3) is 0 Å². The monoisotopic (exact) mass is 391 g/mol. The molecule has 0 saturated heterocycles. The first-order valence-corrected chi connectivity index (χ1v) is 7.72. The Hall–Kier alpha value is -1.39. The maximum absolute atomic E-state index is 5.88. The minimum Gasteiger partial charge on any atom is -0.488 e. The first-order chi connectivity index (χ1) is 9.74. The van der Waals surface area contributed by atoms with Gasteiger partial charge in [0, 0.05) is 22.4 Å². The molecule has 0 amide bonds. The molecule has 0 spiro atoms. The number of benzene rings is 2. The fraction of sp³-hybridized carbons (Fsp3) is 0.0625. The third kappa shape index (κ3) is 2.86. The van der Waals surface area contributed by atoms with Crippen LogP contribution in [0.5, 0.6) is 5.75 Å².